The number of aromatic nitrogens is 1. The summed E-state index contributed by atoms with van der Waals surface area (Å²) in [5, 5.41) is 3.82. The molecule has 2 aromatic rings. The Hall–Kier alpha value is -1.86. The lowest BCUT2D eigenvalue weighted by Crippen LogP contribution is -2.26. The van der Waals surface area contributed by atoms with Crippen molar-refractivity contribution < 1.29 is 17.7 Å². The molecule has 0 unspecified atom stereocenters. The van der Waals surface area contributed by atoms with E-state index in [1.807, 2.05) is 0 Å². The minimum absolute atomic E-state index is 0.174. The third-order valence-electron chi connectivity index (χ3n) is 3.43. The molecular formula is C14H16N2O4S. The third kappa shape index (κ3) is 2.66. The predicted molar refractivity (Wildman–Crippen MR) is 75.5 cm³/mol. The monoisotopic (exact) mass is 308 g/mol. The lowest BCUT2D eigenvalue weighted by atomic mass is 10.2. The van der Waals surface area contributed by atoms with E-state index in [1.54, 1.807) is 31.2 Å². The number of ether oxygens (including phenoxy) is 1. The van der Waals surface area contributed by atoms with Crippen LogP contribution in [-0.2, 0) is 23.0 Å². The van der Waals surface area contributed by atoms with Crippen molar-refractivity contribution >= 4 is 10.0 Å². The van der Waals surface area contributed by atoms with E-state index in [9.17, 15) is 8.42 Å². The first-order chi connectivity index (χ1) is 9.96. The van der Waals surface area contributed by atoms with Crippen molar-refractivity contribution in [3.05, 3.63) is 41.3 Å². The first kappa shape index (κ1) is 14.1. The maximum atomic E-state index is 12.6. The van der Waals surface area contributed by atoms with E-state index in [2.05, 4.69) is 5.16 Å². The zero-order valence-corrected chi connectivity index (χ0v) is 12.7. The Balaban J connectivity index is 1.85. The van der Waals surface area contributed by atoms with Crippen molar-refractivity contribution in [2.45, 2.75) is 24.8 Å². The number of fused-ring (bicyclic) bond motifs is 1. The smallest absolute Gasteiger partial charge is 0.243 e. The van der Waals surface area contributed by atoms with E-state index >= 15 is 0 Å². The lowest BCUT2D eigenvalue weighted by molar-refractivity contribution is 0.356. The highest BCUT2D eigenvalue weighted by Gasteiger charge is 2.24. The van der Waals surface area contributed by atoms with Gasteiger partial charge in [-0.15, -0.1) is 0 Å². The van der Waals surface area contributed by atoms with Gasteiger partial charge in [-0.3, -0.25) is 0 Å². The largest absolute Gasteiger partial charge is 0.493 e. The summed E-state index contributed by atoms with van der Waals surface area (Å²) >= 11 is 0. The van der Waals surface area contributed by atoms with Gasteiger partial charge in [0.25, 0.3) is 0 Å². The number of sulfonamides is 1. The Kier molecular flexibility index (Phi) is 3.46. The molecule has 3 rings (SSSR count). The highest BCUT2D eigenvalue weighted by atomic mass is 32.2. The van der Waals surface area contributed by atoms with Crippen LogP contribution in [0.3, 0.4) is 0 Å². The molecule has 0 saturated carbocycles. The standard InChI is InChI=1S/C14H16N2O4S/c1-10-7-12(15-20-10)9-16(2)21(17,18)13-3-4-14-11(8-13)5-6-19-14/h3-4,7-8H,5-6,9H2,1-2H3. The molecule has 0 bridgehead atoms. The first-order valence-corrected chi connectivity index (χ1v) is 8.05. The Morgan fingerprint density at radius 2 is 2.14 bits per heavy atom. The van der Waals surface area contributed by atoms with Crippen LogP contribution in [0, 0.1) is 6.92 Å². The zero-order valence-electron chi connectivity index (χ0n) is 11.9. The third-order valence-corrected chi connectivity index (χ3v) is 5.23. The average molecular weight is 308 g/mol. The van der Waals surface area contributed by atoms with E-state index in [4.69, 9.17) is 9.26 Å². The summed E-state index contributed by atoms with van der Waals surface area (Å²) in [7, 11) is -2.02. The molecule has 0 saturated heterocycles. The predicted octanol–water partition coefficient (Wildman–Crippen LogP) is 1.74. The second-order valence-corrected chi connectivity index (χ2v) is 7.10. The van der Waals surface area contributed by atoms with Crippen molar-refractivity contribution in [3.8, 4) is 5.75 Å². The van der Waals surface area contributed by atoms with E-state index < -0.39 is 10.0 Å². The average Bonchev–Trinajstić information content (AvgIpc) is 3.06. The maximum absolute atomic E-state index is 12.6. The van der Waals surface area contributed by atoms with Crippen molar-refractivity contribution in [2.75, 3.05) is 13.7 Å². The molecule has 2 heterocycles. The van der Waals surface area contributed by atoms with Crippen LogP contribution >= 0.6 is 0 Å². The summed E-state index contributed by atoms with van der Waals surface area (Å²) in [5.41, 5.74) is 1.52. The molecule has 1 aromatic heterocycles. The van der Waals surface area contributed by atoms with Gasteiger partial charge in [0.05, 0.1) is 23.7 Å². The first-order valence-electron chi connectivity index (χ1n) is 6.61. The fourth-order valence-electron chi connectivity index (χ4n) is 2.31. The molecule has 0 aliphatic carbocycles. The molecule has 1 aliphatic rings. The van der Waals surface area contributed by atoms with Crippen LogP contribution in [0.2, 0.25) is 0 Å². The molecule has 1 aliphatic heterocycles. The number of hydrogen-bond donors (Lipinski definition) is 0. The van der Waals surface area contributed by atoms with Crippen molar-refractivity contribution in [2.24, 2.45) is 0 Å². The van der Waals surface area contributed by atoms with Gasteiger partial charge in [0.2, 0.25) is 10.0 Å². The van der Waals surface area contributed by atoms with Crippen LogP contribution in [-0.4, -0.2) is 31.5 Å². The molecule has 0 atom stereocenters. The molecule has 21 heavy (non-hydrogen) atoms. The lowest BCUT2D eigenvalue weighted by Gasteiger charge is -2.16. The number of hydrogen-bond acceptors (Lipinski definition) is 5. The van der Waals surface area contributed by atoms with Gasteiger partial charge in [-0.05, 0) is 30.7 Å². The Bertz CT molecular complexity index is 767. The molecule has 1 aromatic carbocycles. The van der Waals surface area contributed by atoms with Crippen LogP contribution in [0.1, 0.15) is 17.0 Å². The normalized spacial score (nSPS) is 14.2. The number of aryl methyl sites for hydroxylation is 1. The number of nitrogens with zero attached hydrogens (tertiary/aromatic N) is 2. The summed E-state index contributed by atoms with van der Waals surface area (Å²) in [6.45, 7) is 2.55. The Morgan fingerprint density at radius 3 is 2.86 bits per heavy atom. The Labute approximate surface area is 123 Å². The van der Waals surface area contributed by atoms with Gasteiger partial charge in [0.1, 0.15) is 11.5 Å². The second kappa shape index (κ2) is 5.16. The van der Waals surface area contributed by atoms with Crippen molar-refractivity contribution in [3.63, 3.8) is 0 Å². The Morgan fingerprint density at radius 1 is 1.33 bits per heavy atom. The molecule has 112 valence electrons. The maximum Gasteiger partial charge on any atom is 0.243 e. The van der Waals surface area contributed by atoms with Gasteiger partial charge < -0.3 is 9.26 Å². The quantitative estimate of drug-likeness (QED) is 0.860. The molecular weight excluding hydrogens is 292 g/mol. The van der Waals surface area contributed by atoms with E-state index in [1.165, 1.54) is 11.4 Å². The molecule has 6 nitrogen and oxygen atoms in total. The highest BCUT2D eigenvalue weighted by Crippen LogP contribution is 2.28. The van der Waals surface area contributed by atoms with Gasteiger partial charge in [-0.2, -0.15) is 4.31 Å². The fraction of sp³-hybridized carbons (Fsp3) is 0.357. The molecule has 0 spiro atoms. The zero-order chi connectivity index (χ0) is 15.0. The number of benzene rings is 1. The minimum Gasteiger partial charge on any atom is -0.493 e. The second-order valence-electron chi connectivity index (χ2n) is 5.06. The van der Waals surface area contributed by atoms with Crippen LogP contribution in [0.5, 0.6) is 5.75 Å². The molecule has 7 heteroatoms. The van der Waals surface area contributed by atoms with Gasteiger partial charge in [-0.25, -0.2) is 8.42 Å². The fourth-order valence-corrected chi connectivity index (χ4v) is 3.50. The van der Waals surface area contributed by atoms with Crippen molar-refractivity contribution in [1.29, 1.82) is 0 Å². The SMILES string of the molecule is Cc1cc(CN(C)S(=O)(=O)c2ccc3c(c2)CCO3)no1. The van der Waals surface area contributed by atoms with Gasteiger partial charge in [0, 0.05) is 19.5 Å². The molecule has 0 fully saturated rings. The summed E-state index contributed by atoms with van der Waals surface area (Å²) in [6.07, 6.45) is 0.741. The van der Waals surface area contributed by atoms with E-state index in [0.29, 0.717) is 18.1 Å². The van der Waals surface area contributed by atoms with Crippen LogP contribution < -0.4 is 4.74 Å². The topological polar surface area (TPSA) is 72.6 Å². The minimum atomic E-state index is -3.55. The van der Waals surface area contributed by atoms with Gasteiger partial charge in [0.15, 0.2) is 0 Å². The molecule has 0 amide bonds. The summed E-state index contributed by atoms with van der Waals surface area (Å²) < 4.78 is 36.8. The van der Waals surface area contributed by atoms with E-state index in [-0.39, 0.29) is 11.4 Å². The molecule has 0 radical (unpaired) electrons. The van der Waals surface area contributed by atoms with Gasteiger partial charge >= 0.3 is 0 Å². The summed E-state index contributed by atoms with van der Waals surface area (Å²) in [5.74, 6) is 1.43. The number of rotatable bonds is 4. The summed E-state index contributed by atoms with van der Waals surface area (Å²) in [4.78, 5) is 0.273. The van der Waals surface area contributed by atoms with Crippen LogP contribution in [0.4, 0.5) is 0 Å². The van der Waals surface area contributed by atoms with E-state index in [0.717, 1.165) is 17.7 Å². The molecule has 0 N–H and O–H groups in total. The highest BCUT2D eigenvalue weighted by molar-refractivity contribution is 7.89. The van der Waals surface area contributed by atoms with Crippen LogP contribution in [0.15, 0.2) is 33.7 Å². The van der Waals surface area contributed by atoms with Crippen molar-refractivity contribution in [1.82, 2.24) is 9.46 Å². The van der Waals surface area contributed by atoms with Crippen LogP contribution in [0.25, 0.3) is 0 Å². The van der Waals surface area contributed by atoms with Gasteiger partial charge in [-0.1, -0.05) is 5.16 Å². The summed E-state index contributed by atoms with van der Waals surface area (Å²) in [6, 6.07) is 6.69.